The molecule has 2 fully saturated rings. The second-order valence-electron chi connectivity index (χ2n) is 8.54. The maximum absolute atomic E-state index is 13.4. The van der Waals surface area contributed by atoms with Gasteiger partial charge in [-0.25, -0.2) is 8.42 Å². The maximum Gasteiger partial charge on any atom is 0.242 e. The Bertz CT molecular complexity index is 983. The van der Waals surface area contributed by atoms with Crippen LogP contribution in [0, 0.1) is 0 Å². The second-order valence-corrected chi connectivity index (χ2v) is 10.8. The predicted octanol–water partition coefficient (Wildman–Crippen LogP) is 3.62. The minimum absolute atomic E-state index is 0.0506. The van der Waals surface area contributed by atoms with Crippen molar-refractivity contribution in [2.75, 3.05) is 30.0 Å². The molecule has 0 N–H and O–H groups in total. The van der Waals surface area contributed by atoms with E-state index >= 15 is 0 Å². The Morgan fingerprint density at radius 2 is 1.69 bits per heavy atom. The van der Waals surface area contributed by atoms with E-state index in [9.17, 15) is 13.2 Å². The molecule has 0 unspecified atom stereocenters. The van der Waals surface area contributed by atoms with E-state index < -0.39 is 9.84 Å². The van der Waals surface area contributed by atoms with Gasteiger partial charge >= 0.3 is 0 Å². The molecule has 1 aliphatic heterocycles. The first-order valence-electron chi connectivity index (χ1n) is 10.6. The SMILES string of the molecule is CN(CC(=O)N(C1CCCCC1)[C@@H]1CCS(=O)(=O)C1)c1ccc2ccccc2c1. The van der Waals surface area contributed by atoms with E-state index in [-0.39, 0.29) is 36.0 Å². The highest BCUT2D eigenvalue weighted by molar-refractivity contribution is 7.91. The fourth-order valence-electron chi connectivity index (χ4n) is 4.85. The largest absolute Gasteiger partial charge is 0.365 e. The molecule has 0 radical (unpaired) electrons. The quantitative estimate of drug-likeness (QED) is 0.750. The number of likely N-dealkylation sites (N-methyl/N-ethyl adjacent to an activating group) is 1. The van der Waals surface area contributed by atoms with Crippen molar-refractivity contribution in [3.63, 3.8) is 0 Å². The van der Waals surface area contributed by atoms with Crippen LogP contribution in [0.2, 0.25) is 0 Å². The minimum Gasteiger partial charge on any atom is -0.365 e. The van der Waals surface area contributed by atoms with Gasteiger partial charge in [0.15, 0.2) is 9.84 Å². The van der Waals surface area contributed by atoms with Gasteiger partial charge in [-0.3, -0.25) is 4.79 Å². The summed E-state index contributed by atoms with van der Waals surface area (Å²) in [4.78, 5) is 17.3. The van der Waals surface area contributed by atoms with Crippen LogP contribution < -0.4 is 4.90 Å². The third kappa shape index (κ3) is 4.58. The number of benzene rings is 2. The molecule has 156 valence electrons. The summed E-state index contributed by atoms with van der Waals surface area (Å²) in [6.07, 6.45) is 6.00. The van der Waals surface area contributed by atoms with Crippen molar-refractivity contribution < 1.29 is 13.2 Å². The molecule has 29 heavy (non-hydrogen) atoms. The third-order valence-corrected chi connectivity index (χ3v) is 8.15. The lowest BCUT2D eigenvalue weighted by molar-refractivity contribution is -0.135. The number of carbonyl (C=O) groups excluding carboxylic acids is 1. The van der Waals surface area contributed by atoms with Crippen molar-refractivity contribution in [1.82, 2.24) is 4.90 Å². The van der Waals surface area contributed by atoms with Crippen LogP contribution in [0.5, 0.6) is 0 Å². The molecular formula is C23H30N2O3S. The Morgan fingerprint density at radius 3 is 2.38 bits per heavy atom. The topological polar surface area (TPSA) is 57.7 Å². The Kier molecular flexibility index (Phi) is 5.81. The molecule has 2 aromatic rings. The van der Waals surface area contributed by atoms with Crippen LogP contribution in [0.1, 0.15) is 38.5 Å². The van der Waals surface area contributed by atoms with Crippen molar-refractivity contribution in [1.29, 1.82) is 0 Å². The number of sulfone groups is 1. The molecule has 2 aliphatic rings. The van der Waals surface area contributed by atoms with Crippen LogP contribution >= 0.6 is 0 Å². The summed E-state index contributed by atoms with van der Waals surface area (Å²) >= 11 is 0. The molecule has 0 bridgehead atoms. The summed E-state index contributed by atoms with van der Waals surface area (Å²) in [6, 6.07) is 14.4. The van der Waals surface area contributed by atoms with Crippen molar-refractivity contribution in [2.45, 2.75) is 50.6 Å². The van der Waals surface area contributed by atoms with E-state index in [2.05, 4.69) is 24.3 Å². The Morgan fingerprint density at radius 1 is 0.966 bits per heavy atom. The smallest absolute Gasteiger partial charge is 0.242 e. The number of anilines is 1. The molecule has 6 heteroatoms. The first kappa shape index (κ1) is 20.2. The fraction of sp³-hybridized carbons (Fsp3) is 0.522. The van der Waals surface area contributed by atoms with Crippen molar-refractivity contribution >= 4 is 32.2 Å². The highest BCUT2D eigenvalue weighted by Crippen LogP contribution is 2.29. The number of hydrogen-bond acceptors (Lipinski definition) is 4. The highest BCUT2D eigenvalue weighted by atomic mass is 32.2. The lowest BCUT2D eigenvalue weighted by Crippen LogP contribution is -2.51. The first-order chi connectivity index (χ1) is 13.9. The Labute approximate surface area is 173 Å². The standard InChI is InChI=1S/C23H30N2O3S/c1-24(21-12-11-18-7-5-6-8-19(18)15-21)16-23(26)25(20-9-3-2-4-10-20)22-13-14-29(27,28)17-22/h5-8,11-12,15,20,22H,2-4,9-10,13-14,16-17H2,1H3/t22-/m1/s1. The third-order valence-electron chi connectivity index (χ3n) is 6.40. The van der Waals surface area contributed by atoms with Gasteiger partial charge < -0.3 is 9.80 Å². The lowest BCUT2D eigenvalue weighted by atomic mass is 9.92. The van der Waals surface area contributed by atoms with Crippen LogP contribution in [0.3, 0.4) is 0 Å². The number of hydrogen-bond donors (Lipinski definition) is 0. The van der Waals surface area contributed by atoms with Crippen LogP contribution in [-0.4, -0.2) is 56.4 Å². The molecule has 1 aliphatic carbocycles. The van der Waals surface area contributed by atoms with Crippen molar-refractivity contribution in [3.05, 3.63) is 42.5 Å². The first-order valence-corrected chi connectivity index (χ1v) is 12.5. The van der Waals surface area contributed by atoms with Gasteiger partial charge in [0, 0.05) is 24.8 Å². The summed E-state index contributed by atoms with van der Waals surface area (Å²) in [5.74, 6) is 0.374. The van der Waals surface area contributed by atoms with E-state index in [1.54, 1.807) is 0 Å². The van der Waals surface area contributed by atoms with Crippen molar-refractivity contribution in [2.24, 2.45) is 0 Å². The molecule has 4 rings (SSSR count). The van der Waals surface area contributed by atoms with E-state index in [0.717, 1.165) is 36.8 Å². The molecule has 0 aromatic heterocycles. The number of nitrogens with zero attached hydrogens (tertiary/aromatic N) is 2. The van der Waals surface area contributed by atoms with E-state index in [1.165, 1.54) is 11.8 Å². The average Bonchev–Trinajstić information content (AvgIpc) is 3.07. The van der Waals surface area contributed by atoms with E-state index in [0.29, 0.717) is 6.42 Å². The van der Waals surface area contributed by atoms with Crippen LogP contribution in [-0.2, 0) is 14.6 Å². The van der Waals surface area contributed by atoms with Crippen LogP contribution in [0.4, 0.5) is 5.69 Å². The number of amides is 1. The lowest BCUT2D eigenvalue weighted by Gasteiger charge is -2.39. The monoisotopic (exact) mass is 414 g/mol. The van der Waals surface area contributed by atoms with Crippen LogP contribution in [0.15, 0.2) is 42.5 Å². The van der Waals surface area contributed by atoms with E-state index in [4.69, 9.17) is 0 Å². The Hall–Kier alpha value is -2.08. The molecule has 1 saturated carbocycles. The maximum atomic E-state index is 13.4. The number of fused-ring (bicyclic) bond motifs is 1. The summed E-state index contributed by atoms with van der Waals surface area (Å²) in [5, 5.41) is 2.33. The van der Waals surface area contributed by atoms with Gasteiger partial charge in [-0.15, -0.1) is 0 Å². The zero-order valence-corrected chi connectivity index (χ0v) is 17.9. The average molecular weight is 415 g/mol. The van der Waals surface area contributed by atoms with Gasteiger partial charge in [0.1, 0.15) is 0 Å². The zero-order chi connectivity index (χ0) is 20.4. The second kappa shape index (κ2) is 8.34. The molecular weight excluding hydrogens is 384 g/mol. The fourth-order valence-corrected chi connectivity index (χ4v) is 6.56. The highest BCUT2D eigenvalue weighted by Gasteiger charge is 2.38. The van der Waals surface area contributed by atoms with Gasteiger partial charge in [0.2, 0.25) is 5.91 Å². The van der Waals surface area contributed by atoms with Gasteiger partial charge in [-0.2, -0.15) is 0 Å². The van der Waals surface area contributed by atoms with Gasteiger partial charge in [0.05, 0.1) is 18.1 Å². The molecule has 5 nitrogen and oxygen atoms in total. The summed E-state index contributed by atoms with van der Waals surface area (Å²) in [7, 11) is -1.09. The van der Waals surface area contributed by atoms with Gasteiger partial charge in [-0.05, 0) is 42.2 Å². The molecule has 1 amide bonds. The van der Waals surface area contributed by atoms with Gasteiger partial charge in [-0.1, -0.05) is 49.6 Å². The molecule has 1 saturated heterocycles. The van der Waals surface area contributed by atoms with E-state index in [1.807, 2.05) is 35.0 Å². The van der Waals surface area contributed by atoms with Crippen LogP contribution in [0.25, 0.3) is 10.8 Å². The summed E-state index contributed by atoms with van der Waals surface area (Å²) in [6.45, 7) is 0.269. The summed E-state index contributed by atoms with van der Waals surface area (Å²) < 4.78 is 24.1. The minimum atomic E-state index is -3.03. The Balaban J connectivity index is 1.53. The molecule has 1 atom stereocenters. The molecule has 2 aromatic carbocycles. The zero-order valence-electron chi connectivity index (χ0n) is 17.1. The number of carbonyl (C=O) groups is 1. The van der Waals surface area contributed by atoms with Crippen molar-refractivity contribution in [3.8, 4) is 0 Å². The molecule has 1 heterocycles. The number of rotatable bonds is 5. The van der Waals surface area contributed by atoms with Gasteiger partial charge in [0.25, 0.3) is 0 Å². The normalized spacial score (nSPS) is 21.9. The molecule has 0 spiro atoms. The predicted molar refractivity (Wildman–Crippen MR) is 118 cm³/mol. The summed E-state index contributed by atoms with van der Waals surface area (Å²) in [5.41, 5.74) is 1.000.